The number of benzene rings is 2. The van der Waals surface area contributed by atoms with E-state index < -0.39 is 20.0 Å². The molecule has 1 N–H and O–H groups in total. The van der Waals surface area contributed by atoms with Gasteiger partial charge in [0.15, 0.2) is 0 Å². The third kappa shape index (κ3) is 4.96. The lowest BCUT2D eigenvalue weighted by Crippen LogP contribution is -2.38. The van der Waals surface area contributed by atoms with Crippen LogP contribution in [0.3, 0.4) is 0 Å². The number of amides is 1. The summed E-state index contributed by atoms with van der Waals surface area (Å²) in [6.07, 6.45) is 6.17. The van der Waals surface area contributed by atoms with Crippen molar-refractivity contribution >= 4 is 37.3 Å². The van der Waals surface area contributed by atoms with Crippen molar-refractivity contribution in [3.05, 3.63) is 53.6 Å². The number of hydrogen-bond donors (Lipinski definition) is 1. The summed E-state index contributed by atoms with van der Waals surface area (Å²) in [5, 5.41) is 0. The van der Waals surface area contributed by atoms with E-state index >= 15 is 0 Å². The highest BCUT2D eigenvalue weighted by atomic mass is 32.2. The molecular weight excluding hydrogens is 486 g/mol. The van der Waals surface area contributed by atoms with Crippen LogP contribution in [0.25, 0.3) is 0 Å². The van der Waals surface area contributed by atoms with E-state index in [2.05, 4.69) is 4.72 Å². The predicted molar refractivity (Wildman–Crippen MR) is 138 cm³/mol. The summed E-state index contributed by atoms with van der Waals surface area (Å²) in [7, 11) is -5.64. The number of hydrogen-bond acceptors (Lipinski definition) is 5. The maximum atomic E-state index is 13.7. The molecule has 1 saturated carbocycles. The van der Waals surface area contributed by atoms with E-state index in [9.17, 15) is 21.6 Å². The molecule has 1 aliphatic carbocycles. The molecule has 2 aromatic carbocycles. The zero-order chi connectivity index (χ0) is 25.6. The van der Waals surface area contributed by atoms with Crippen LogP contribution in [0.2, 0.25) is 0 Å². The van der Waals surface area contributed by atoms with Crippen molar-refractivity contribution < 1.29 is 21.6 Å². The van der Waals surface area contributed by atoms with Crippen LogP contribution in [0.15, 0.2) is 47.4 Å². The SMILES string of the molecule is CC(C)N(C)S(=O)(=O)c1cccc(C(=O)N2CC3(CCCCC3)c3cc(NS(C)(=O)=O)ccc32)c1. The Labute approximate surface area is 208 Å². The largest absolute Gasteiger partial charge is 0.307 e. The Morgan fingerprint density at radius 1 is 1.03 bits per heavy atom. The van der Waals surface area contributed by atoms with E-state index in [1.807, 2.05) is 6.07 Å². The molecule has 0 unspecified atom stereocenters. The Hall–Kier alpha value is -2.43. The summed E-state index contributed by atoms with van der Waals surface area (Å²) in [6, 6.07) is 11.3. The standard InChI is InChI=1S/C25H33N3O5S2/c1-18(2)27(3)35(32,33)21-10-8-9-19(15-21)24(29)28-17-25(13-6-5-7-14-25)22-16-20(11-12-23(22)28)26-34(4,30)31/h8-12,15-16,18,26H,5-7,13-14,17H2,1-4H3. The maximum absolute atomic E-state index is 13.7. The third-order valence-corrected chi connectivity index (χ3v) is 9.80. The van der Waals surface area contributed by atoms with E-state index in [1.54, 1.807) is 43.0 Å². The van der Waals surface area contributed by atoms with Crippen molar-refractivity contribution in [1.82, 2.24) is 4.31 Å². The molecule has 8 nitrogen and oxygen atoms in total. The van der Waals surface area contributed by atoms with Crippen molar-refractivity contribution in [3.8, 4) is 0 Å². The van der Waals surface area contributed by atoms with E-state index in [4.69, 9.17) is 0 Å². The molecule has 2 aromatic rings. The Balaban J connectivity index is 1.73. The molecule has 0 saturated heterocycles. The molecule has 2 aliphatic rings. The first kappa shape index (κ1) is 25.7. The molecule has 1 fully saturated rings. The van der Waals surface area contributed by atoms with Gasteiger partial charge < -0.3 is 4.90 Å². The third-order valence-electron chi connectivity index (χ3n) is 7.16. The van der Waals surface area contributed by atoms with Crippen LogP contribution in [-0.2, 0) is 25.5 Å². The van der Waals surface area contributed by atoms with Gasteiger partial charge in [0.2, 0.25) is 20.0 Å². The molecule has 10 heteroatoms. The lowest BCUT2D eigenvalue weighted by Gasteiger charge is -2.34. The minimum absolute atomic E-state index is 0.0825. The van der Waals surface area contributed by atoms with Crippen molar-refractivity contribution in [2.24, 2.45) is 0 Å². The number of rotatable bonds is 6. The zero-order valence-corrected chi connectivity index (χ0v) is 22.2. The number of carbonyl (C=O) groups excluding carboxylic acids is 1. The predicted octanol–water partition coefficient (Wildman–Crippen LogP) is 3.95. The van der Waals surface area contributed by atoms with Crippen molar-refractivity contribution in [2.75, 3.05) is 29.5 Å². The van der Waals surface area contributed by atoms with E-state index in [0.29, 0.717) is 17.8 Å². The monoisotopic (exact) mass is 519 g/mol. The van der Waals surface area contributed by atoms with E-state index in [1.165, 1.54) is 23.5 Å². The normalized spacial score (nSPS) is 17.7. The van der Waals surface area contributed by atoms with Crippen molar-refractivity contribution in [1.29, 1.82) is 0 Å². The molecule has 0 aromatic heterocycles. The van der Waals surface area contributed by atoms with Gasteiger partial charge in [0, 0.05) is 42.0 Å². The summed E-state index contributed by atoms with van der Waals surface area (Å²) in [5.74, 6) is -0.262. The molecule has 1 heterocycles. The zero-order valence-electron chi connectivity index (χ0n) is 20.6. The number of nitrogens with zero attached hydrogens (tertiary/aromatic N) is 2. The molecular formula is C25H33N3O5S2. The minimum atomic E-state index is -3.73. The molecule has 4 rings (SSSR count). The fourth-order valence-corrected chi connectivity index (χ4v) is 7.14. The summed E-state index contributed by atoms with van der Waals surface area (Å²) in [6.45, 7) is 4.08. The number of carbonyl (C=O) groups is 1. The van der Waals surface area contributed by atoms with E-state index in [-0.39, 0.29) is 22.3 Å². The van der Waals surface area contributed by atoms with Crippen LogP contribution >= 0.6 is 0 Å². The highest BCUT2D eigenvalue weighted by Crippen LogP contribution is 2.50. The lowest BCUT2D eigenvalue weighted by molar-refractivity contribution is 0.0982. The maximum Gasteiger partial charge on any atom is 0.258 e. The van der Waals surface area contributed by atoms with Gasteiger partial charge in [-0.1, -0.05) is 25.3 Å². The van der Waals surface area contributed by atoms with Crippen LogP contribution in [0.1, 0.15) is 61.9 Å². The number of nitrogens with one attached hydrogen (secondary N) is 1. The summed E-state index contributed by atoms with van der Waals surface area (Å²) >= 11 is 0. The molecule has 1 aliphatic heterocycles. The second-order valence-electron chi connectivity index (χ2n) is 9.98. The molecule has 0 bridgehead atoms. The summed E-state index contributed by atoms with van der Waals surface area (Å²) in [4.78, 5) is 15.5. The quantitative estimate of drug-likeness (QED) is 0.622. The Morgan fingerprint density at radius 2 is 1.71 bits per heavy atom. The van der Waals surface area contributed by atoms with Gasteiger partial charge in [0.1, 0.15) is 0 Å². The van der Waals surface area contributed by atoms with Gasteiger partial charge in [-0.15, -0.1) is 0 Å². The topological polar surface area (TPSA) is 104 Å². The molecule has 190 valence electrons. The summed E-state index contributed by atoms with van der Waals surface area (Å²) < 4.78 is 53.5. The average molecular weight is 520 g/mol. The highest BCUT2D eigenvalue weighted by molar-refractivity contribution is 7.92. The molecule has 0 atom stereocenters. The second kappa shape index (κ2) is 9.22. The molecule has 1 amide bonds. The first-order valence-corrected chi connectivity index (χ1v) is 15.2. The Morgan fingerprint density at radius 3 is 2.34 bits per heavy atom. The van der Waals surface area contributed by atoms with Crippen LogP contribution in [0.4, 0.5) is 11.4 Å². The van der Waals surface area contributed by atoms with Crippen molar-refractivity contribution in [3.63, 3.8) is 0 Å². The molecule has 1 spiro atoms. The first-order chi connectivity index (χ1) is 16.3. The number of anilines is 2. The van der Waals surface area contributed by atoms with Gasteiger partial charge in [-0.25, -0.2) is 16.8 Å². The van der Waals surface area contributed by atoms with Crippen LogP contribution in [-0.4, -0.2) is 52.9 Å². The molecule has 35 heavy (non-hydrogen) atoms. The van der Waals surface area contributed by atoms with Gasteiger partial charge in [0.25, 0.3) is 5.91 Å². The van der Waals surface area contributed by atoms with Crippen molar-refractivity contribution in [2.45, 2.75) is 62.3 Å². The van der Waals surface area contributed by atoms with Crippen LogP contribution < -0.4 is 9.62 Å². The fourth-order valence-electron chi connectivity index (χ4n) is 5.17. The van der Waals surface area contributed by atoms with Crippen LogP contribution in [0.5, 0.6) is 0 Å². The van der Waals surface area contributed by atoms with Gasteiger partial charge >= 0.3 is 0 Å². The minimum Gasteiger partial charge on any atom is -0.307 e. The fraction of sp³-hybridized carbons (Fsp3) is 0.480. The average Bonchev–Trinajstić information content (AvgIpc) is 3.10. The Bertz CT molecular complexity index is 1350. The highest BCUT2D eigenvalue weighted by Gasteiger charge is 2.45. The van der Waals surface area contributed by atoms with Crippen LogP contribution in [0, 0.1) is 0 Å². The number of fused-ring (bicyclic) bond motifs is 2. The number of sulfonamides is 2. The molecule has 0 radical (unpaired) electrons. The van der Waals surface area contributed by atoms with E-state index in [0.717, 1.165) is 49.6 Å². The second-order valence-corrected chi connectivity index (χ2v) is 13.7. The van der Waals surface area contributed by atoms with Gasteiger partial charge in [0.05, 0.1) is 11.2 Å². The van der Waals surface area contributed by atoms with Gasteiger partial charge in [-0.3, -0.25) is 9.52 Å². The van der Waals surface area contributed by atoms with Gasteiger partial charge in [-0.2, -0.15) is 4.31 Å². The first-order valence-electron chi connectivity index (χ1n) is 11.9. The summed E-state index contributed by atoms with van der Waals surface area (Å²) in [5.41, 5.74) is 2.28. The Kier molecular flexibility index (Phi) is 6.76. The smallest absolute Gasteiger partial charge is 0.258 e. The lowest BCUT2D eigenvalue weighted by atomic mass is 9.70. The van der Waals surface area contributed by atoms with Gasteiger partial charge in [-0.05, 0) is 68.7 Å².